The zero-order valence-electron chi connectivity index (χ0n) is 8.94. The van der Waals surface area contributed by atoms with Gasteiger partial charge in [0.25, 0.3) is 5.91 Å². The third-order valence-electron chi connectivity index (χ3n) is 2.20. The summed E-state index contributed by atoms with van der Waals surface area (Å²) < 4.78 is 0. The molecule has 1 atom stereocenters. The molecule has 0 aliphatic rings. The molecule has 0 bridgehead atoms. The number of carbonyl (C=O) groups is 2. The number of rotatable bonds is 4. The topological polar surface area (TPSA) is 46.2 Å². The number of nitrogens with one attached hydrogen (secondary N) is 1. The van der Waals surface area contributed by atoms with Gasteiger partial charge in [0, 0.05) is 5.56 Å². The molecule has 80 valence electrons. The Bertz CT molecular complexity index is 333. The second-order valence-electron chi connectivity index (χ2n) is 3.75. The van der Waals surface area contributed by atoms with E-state index in [0.717, 1.165) is 6.29 Å². The second kappa shape index (κ2) is 5.29. The van der Waals surface area contributed by atoms with Crippen molar-refractivity contribution >= 4 is 12.2 Å². The minimum atomic E-state index is -0.419. The highest BCUT2D eigenvalue weighted by Gasteiger charge is 2.15. The normalized spacial score (nSPS) is 12.2. The van der Waals surface area contributed by atoms with Gasteiger partial charge in [-0.3, -0.25) is 4.79 Å². The van der Waals surface area contributed by atoms with E-state index >= 15 is 0 Å². The molecular formula is C12H15NO2. The molecule has 1 rings (SSSR count). The van der Waals surface area contributed by atoms with E-state index in [0.29, 0.717) is 5.56 Å². The minimum Gasteiger partial charge on any atom is -0.342 e. The number of benzene rings is 1. The zero-order chi connectivity index (χ0) is 11.3. The molecule has 3 nitrogen and oxygen atoms in total. The van der Waals surface area contributed by atoms with Crippen molar-refractivity contribution in [3.63, 3.8) is 0 Å². The van der Waals surface area contributed by atoms with Crippen LogP contribution in [0, 0.1) is 5.92 Å². The van der Waals surface area contributed by atoms with Gasteiger partial charge in [0.2, 0.25) is 0 Å². The molecule has 0 aliphatic heterocycles. The molecule has 0 fully saturated rings. The number of amides is 1. The van der Waals surface area contributed by atoms with Crippen LogP contribution in [0.15, 0.2) is 30.3 Å². The van der Waals surface area contributed by atoms with Gasteiger partial charge in [-0.15, -0.1) is 0 Å². The van der Waals surface area contributed by atoms with Gasteiger partial charge in [-0.1, -0.05) is 32.0 Å². The van der Waals surface area contributed by atoms with Crippen LogP contribution in [0.25, 0.3) is 0 Å². The SMILES string of the molecule is CC(C)C(C=O)NC(=O)c1ccccc1. The summed E-state index contributed by atoms with van der Waals surface area (Å²) in [6.45, 7) is 3.79. The predicted molar refractivity (Wildman–Crippen MR) is 58.6 cm³/mol. The lowest BCUT2D eigenvalue weighted by Gasteiger charge is -2.15. The summed E-state index contributed by atoms with van der Waals surface area (Å²) in [6.07, 6.45) is 0.769. The van der Waals surface area contributed by atoms with Crippen LogP contribution in [0.3, 0.4) is 0 Å². The van der Waals surface area contributed by atoms with Crippen molar-refractivity contribution in [3.05, 3.63) is 35.9 Å². The largest absolute Gasteiger partial charge is 0.342 e. The van der Waals surface area contributed by atoms with E-state index in [1.807, 2.05) is 19.9 Å². The molecule has 0 heterocycles. The molecule has 1 N–H and O–H groups in total. The van der Waals surface area contributed by atoms with Crippen molar-refractivity contribution in [2.75, 3.05) is 0 Å². The Labute approximate surface area is 89.5 Å². The van der Waals surface area contributed by atoms with Gasteiger partial charge in [-0.25, -0.2) is 0 Å². The lowest BCUT2D eigenvalue weighted by Crippen LogP contribution is -2.39. The fourth-order valence-electron chi connectivity index (χ4n) is 1.18. The van der Waals surface area contributed by atoms with Gasteiger partial charge in [0.05, 0.1) is 6.04 Å². The molecule has 0 spiro atoms. The Hall–Kier alpha value is -1.64. The van der Waals surface area contributed by atoms with Crippen LogP contribution >= 0.6 is 0 Å². The summed E-state index contributed by atoms with van der Waals surface area (Å²) in [5, 5.41) is 2.68. The highest BCUT2D eigenvalue weighted by molar-refractivity contribution is 5.95. The van der Waals surface area contributed by atoms with E-state index in [1.165, 1.54) is 0 Å². The van der Waals surface area contributed by atoms with Crippen molar-refractivity contribution in [3.8, 4) is 0 Å². The van der Waals surface area contributed by atoms with E-state index < -0.39 is 6.04 Å². The molecule has 0 radical (unpaired) electrons. The third kappa shape index (κ3) is 3.20. The Kier molecular flexibility index (Phi) is 4.03. The van der Waals surface area contributed by atoms with Crippen LogP contribution in [0.5, 0.6) is 0 Å². The second-order valence-corrected chi connectivity index (χ2v) is 3.75. The van der Waals surface area contributed by atoms with Gasteiger partial charge in [0.15, 0.2) is 0 Å². The molecule has 1 unspecified atom stereocenters. The lowest BCUT2D eigenvalue weighted by molar-refractivity contribution is -0.110. The van der Waals surface area contributed by atoms with Crippen molar-refractivity contribution in [2.45, 2.75) is 19.9 Å². The van der Waals surface area contributed by atoms with Gasteiger partial charge >= 0.3 is 0 Å². The Balaban J connectivity index is 2.67. The van der Waals surface area contributed by atoms with Gasteiger partial charge in [-0.2, -0.15) is 0 Å². The maximum Gasteiger partial charge on any atom is 0.251 e. The van der Waals surface area contributed by atoms with Crippen LogP contribution in [0.1, 0.15) is 24.2 Å². The van der Waals surface area contributed by atoms with E-state index in [1.54, 1.807) is 24.3 Å². The van der Waals surface area contributed by atoms with Crippen LogP contribution in [0.4, 0.5) is 0 Å². The van der Waals surface area contributed by atoms with Gasteiger partial charge in [-0.05, 0) is 18.1 Å². The first-order valence-electron chi connectivity index (χ1n) is 4.96. The molecule has 0 aliphatic carbocycles. The average Bonchev–Trinajstić information content (AvgIpc) is 2.26. The molecule has 1 aromatic rings. The summed E-state index contributed by atoms with van der Waals surface area (Å²) in [5.74, 6) is -0.100. The first-order chi connectivity index (χ1) is 7.15. The van der Waals surface area contributed by atoms with E-state index in [9.17, 15) is 9.59 Å². The predicted octanol–water partition coefficient (Wildman–Crippen LogP) is 1.64. The molecule has 1 aromatic carbocycles. The summed E-state index contributed by atoms with van der Waals surface area (Å²) in [4.78, 5) is 22.3. The van der Waals surface area contributed by atoms with Crippen molar-refractivity contribution in [1.29, 1.82) is 0 Å². The molecule has 3 heteroatoms. The summed E-state index contributed by atoms with van der Waals surface area (Å²) >= 11 is 0. The summed E-state index contributed by atoms with van der Waals surface area (Å²) in [6, 6.07) is 8.45. The zero-order valence-corrected chi connectivity index (χ0v) is 8.94. The first kappa shape index (κ1) is 11.4. The molecule has 0 saturated carbocycles. The van der Waals surface area contributed by atoms with Crippen molar-refractivity contribution in [1.82, 2.24) is 5.32 Å². The smallest absolute Gasteiger partial charge is 0.251 e. The molecule has 15 heavy (non-hydrogen) atoms. The molecule has 1 amide bonds. The Morgan fingerprint density at radius 3 is 2.33 bits per heavy atom. The monoisotopic (exact) mass is 205 g/mol. The first-order valence-corrected chi connectivity index (χ1v) is 4.96. The lowest BCUT2D eigenvalue weighted by atomic mass is 10.1. The average molecular weight is 205 g/mol. The van der Waals surface area contributed by atoms with Gasteiger partial charge in [0.1, 0.15) is 6.29 Å². The summed E-state index contributed by atoms with van der Waals surface area (Å²) in [5.41, 5.74) is 0.574. The molecular weight excluding hydrogens is 190 g/mol. The third-order valence-corrected chi connectivity index (χ3v) is 2.20. The standard InChI is InChI=1S/C12H15NO2/c1-9(2)11(8-14)13-12(15)10-6-4-3-5-7-10/h3-9,11H,1-2H3,(H,13,15). The Morgan fingerprint density at radius 1 is 1.27 bits per heavy atom. The number of hydrogen-bond acceptors (Lipinski definition) is 2. The fraction of sp³-hybridized carbons (Fsp3) is 0.333. The van der Waals surface area contributed by atoms with E-state index in [4.69, 9.17) is 0 Å². The highest BCUT2D eigenvalue weighted by Crippen LogP contribution is 2.02. The van der Waals surface area contributed by atoms with Crippen LogP contribution in [-0.2, 0) is 4.79 Å². The minimum absolute atomic E-state index is 0.107. The fourth-order valence-corrected chi connectivity index (χ4v) is 1.18. The van der Waals surface area contributed by atoms with E-state index in [-0.39, 0.29) is 11.8 Å². The number of carbonyl (C=O) groups excluding carboxylic acids is 2. The molecule has 0 saturated heterocycles. The quantitative estimate of drug-likeness (QED) is 0.759. The Morgan fingerprint density at radius 2 is 1.87 bits per heavy atom. The van der Waals surface area contributed by atoms with Crippen LogP contribution < -0.4 is 5.32 Å². The van der Waals surface area contributed by atoms with Crippen molar-refractivity contribution < 1.29 is 9.59 Å². The number of aldehydes is 1. The van der Waals surface area contributed by atoms with Gasteiger partial charge < -0.3 is 10.1 Å². The maximum atomic E-state index is 11.6. The summed E-state index contributed by atoms with van der Waals surface area (Å²) in [7, 11) is 0. The van der Waals surface area contributed by atoms with Crippen molar-refractivity contribution in [2.24, 2.45) is 5.92 Å². The number of hydrogen-bond donors (Lipinski definition) is 1. The van der Waals surface area contributed by atoms with Crippen LogP contribution in [-0.4, -0.2) is 18.2 Å². The molecule has 0 aromatic heterocycles. The highest BCUT2D eigenvalue weighted by atomic mass is 16.2. The van der Waals surface area contributed by atoms with E-state index in [2.05, 4.69) is 5.32 Å². The van der Waals surface area contributed by atoms with Crippen LogP contribution in [0.2, 0.25) is 0 Å². The maximum absolute atomic E-state index is 11.6.